The summed E-state index contributed by atoms with van der Waals surface area (Å²) < 4.78 is 5.78. The van der Waals surface area contributed by atoms with Gasteiger partial charge in [-0.2, -0.15) is 4.98 Å². The van der Waals surface area contributed by atoms with E-state index in [4.69, 9.17) is 4.52 Å². The molecular weight excluding hydrogens is 246 g/mol. The Hall–Kier alpha value is -1.15. The van der Waals surface area contributed by atoms with Crippen molar-refractivity contribution in [2.75, 3.05) is 11.9 Å². The van der Waals surface area contributed by atoms with Crippen molar-refractivity contribution in [2.45, 2.75) is 23.9 Å². The molecule has 0 saturated carbocycles. The number of nitrogens with zero attached hydrogens (tertiary/aromatic N) is 4. The standard InChI is InChI=1S/C8H11N5OS2/c1-3-9-7-11-12-8(16-7)15-4-6-10-5(2)14-13-6/h3-4H2,1-2H3,(H,9,11). The van der Waals surface area contributed by atoms with Gasteiger partial charge in [0.05, 0.1) is 5.75 Å². The molecule has 0 aliphatic carbocycles. The van der Waals surface area contributed by atoms with E-state index in [1.807, 2.05) is 6.92 Å². The summed E-state index contributed by atoms with van der Waals surface area (Å²) in [7, 11) is 0. The quantitative estimate of drug-likeness (QED) is 0.820. The Morgan fingerprint density at radius 2 is 2.31 bits per heavy atom. The maximum absolute atomic E-state index is 4.88. The molecule has 0 spiro atoms. The third-order valence-electron chi connectivity index (χ3n) is 1.63. The van der Waals surface area contributed by atoms with Gasteiger partial charge in [-0.05, 0) is 6.92 Å². The van der Waals surface area contributed by atoms with Crippen LogP contribution in [0.25, 0.3) is 0 Å². The van der Waals surface area contributed by atoms with Crippen molar-refractivity contribution in [1.29, 1.82) is 0 Å². The molecule has 0 amide bonds. The van der Waals surface area contributed by atoms with Crippen LogP contribution in [0.15, 0.2) is 8.86 Å². The molecule has 2 aromatic heterocycles. The van der Waals surface area contributed by atoms with Gasteiger partial charge < -0.3 is 9.84 Å². The summed E-state index contributed by atoms with van der Waals surface area (Å²) in [4.78, 5) is 4.11. The van der Waals surface area contributed by atoms with Crippen molar-refractivity contribution >= 4 is 28.2 Å². The van der Waals surface area contributed by atoms with Gasteiger partial charge in [-0.3, -0.25) is 0 Å². The van der Waals surface area contributed by atoms with Crippen LogP contribution in [0.3, 0.4) is 0 Å². The molecular formula is C8H11N5OS2. The van der Waals surface area contributed by atoms with E-state index in [2.05, 4.69) is 25.7 Å². The Balaban J connectivity index is 1.89. The predicted molar refractivity (Wildman–Crippen MR) is 62.7 cm³/mol. The van der Waals surface area contributed by atoms with E-state index >= 15 is 0 Å². The number of aromatic nitrogens is 4. The van der Waals surface area contributed by atoms with Crippen LogP contribution in [0.5, 0.6) is 0 Å². The number of hydrogen-bond donors (Lipinski definition) is 1. The highest BCUT2D eigenvalue weighted by Crippen LogP contribution is 2.27. The lowest BCUT2D eigenvalue weighted by Crippen LogP contribution is -1.94. The van der Waals surface area contributed by atoms with E-state index in [0.717, 1.165) is 16.0 Å². The Morgan fingerprint density at radius 3 is 3.00 bits per heavy atom. The zero-order valence-electron chi connectivity index (χ0n) is 8.93. The van der Waals surface area contributed by atoms with Crippen LogP contribution in [0.1, 0.15) is 18.6 Å². The molecule has 0 bridgehead atoms. The first-order valence-corrected chi connectivity index (χ1v) is 6.57. The number of thioether (sulfide) groups is 1. The van der Waals surface area contributed by atoms with E-state index in [9.17, 15) is 0 Å². The second-order valence-electron chi connectivity index (χ2n) is 2.92. The fourth-order valence-electron chi connectivity index (χ4n) is 1.02. The van der Waals surface area contributed by atoms with E-state index in [1.165, 1.54) is 11.3 Å². The lowest BCUT2D eigenvalue weighted by Gasteiger charge is -1.91. The smallest absolute Gasteiger partial charge is 0.223 e. The van der Waals surface area contributed by atoms with Crippen LogP contribution < -0.4 is 5.32 Å². The minimum atomic E-state index is 0.584. The Bertz CT molecular complexity index is 455. The van der Waals surface area contributed by atoms with Crippen molar-refractivity contribution in [3.05, 3.63) is 11.7 Å². The SMILES string of the molecule is CCNc1nnc(SCc2noc(C)n2)s1. The second-order valence-corrected chi connectivity index (χ2v) is 5.12. The van der Waals surface area contributed by atoms with E-state index in [0.29, 0.717) is 17.5 Å². The zero-order chi connectivity index (χ0) is 11.4. The highest BCUT2D eigenvalue weighted by atomic mass is 32.2. The average molecular weight is 257 g/mol. The molecule has 0 fully saturated rings. The molecule has 0 saturated heterocycles. The third kappa shape index (κ3) is 2.92. The molecule has 0 radical (unpaired) electrons. The monoisotopic (exact) mass is 257 g/mol. The molecule has 8 heteroatoms. The summed E-state index contributed by atoms with van der Waals surface area (Å²) in [6.45, 7) is 4.65. The van der Waals surface area contributed by atoms with Crippen LogP contribution >= 0.6 is 23.1 Å². The van der Waals surface area contributed by atoms with Gasteiger partial charge in [0, 0.05) is 13.5 Å². The van der Waals surface area contributed by atoms with E-state index in [-0.39, 0.29) is 0 Å². The zero-order valence-corrected chi connectivity index (χ0v) is 10.6. The maximum atomic E-state index is 4.88. The second kappa shape index (κ2) is 5.26. The number of anilines is 1. The van der Waals surface area contributed by atoms with Gasteiger partial charge in [0.15, 0.2) is 10.2 Å². The molecule has 0 aliphatic heterocycles. The number of hydrogen-bond acceptors (Lipinski definition) is 8. The van der Waals surface area contributed by atoms with Crippen molar-refractivity contribution in [3.63, 3.8) is 0 Å². The summed E-state index contributed by atoms with van der Waals surface area (Å²) >= 11 is 3.08. The molecule has 2 aromatic rings. The first-order chi connectivity index (χ1) is 7.78. The molecule has 2 rings (SSSR count). The van der Waals surface area contributed by atoms with E-state index in [1.54, 1.807) is 18.7 Å². The number of rotatable bonds is 5. The highest BCUT2D eigenvalue weighted by molar-refractivity contribution is 8.00. The molecule has 0 aromatic carbocycles. The normalized spacial score (nSPS) is 10.6. The van der Waals surface area contributed by atoms with Crippen molar-refractivity contribution in [1.82, 2.24) is 20.3 Å². The summed E-state index contributed by atoms with van der Waals surface area (Å²) in [6, 6.07) is 0. The molecule has 1 N–H and O–H groups in total. The average Bonchev–Trinajstić information content (AvgIpc) is 2.85. The van der Waals surface area contributed by atoms with Gasteiger partial charge in [0.25, 0.3) is 0 Å². The fourth-order valence-corrected chi connectivity index (χ4v) is 2.68. The molecule has 0 aliphatic rings. The van der Waals surface area contributed by atoms with Gasteiger partial charge in [0.2, 0.25) is 11.0 Å². The first kappa shape index (κ1) is 11.3. The summed E-state index contributed by atoms with van der Waals surface area (Å²) in [6.07, 6.45) is 0. The number of nitrogens with one attached hydrogen (secondary N) is 1. The van der Waals surface area contributed by atoms with Crippen molar-refractivity contribution < 1.29 is 4.52 Å². The molecule has 0 unspecified atom stereocenters. The largest absolute Gasteiger partial charge is 0.360 e. The van der Waals surface area contributed by atoms with Gasteiger partial charge in [-0.1, -0.05) is 28.3 Å². The Labute approximate surface area is 101 Å². The van der Waals surface area contributed by atoms with Crippen LogP contribution in [-0.4, -0.2) is 26.9 Å². The summed E-state index contributed by atoms with van der Waals surface area (Å²) in [5.41, 5.74) is 0. The van der Waals surface area contributed by atoms with Crippen LogP contribution in [-0.2, 0) is 5.75 Å². The summed E-state index contributed by atoms with van der Waals surface area (Å²) in [5, 5.41) is 15.8. The van der Waals surface area contributed by atoms with Crippen molar-refractivity contribution in [2.24, 2.45) is 0 Å². The first-order valence-electron chi connectivity index (χ1n) is 4.77. The highest BCUT2D eigenvalue weighted by Gasteiger charge is 2.07. The lowest BCUT2D eigenvalue weighted by atomic mass is 10.7. The maximum Gasteiger partial charge on any atom is 0.223 e. The van der Waals surface area contributed by atoms with Gasteiger partial charge in [-0.15, -0.1) is 10.2 Å². The van der Waals surface area contributed by atoms with E-state index < -0.39 is 0 Å². The lowest BCUT2D eigenvalue weighted by molar-refractivity contribution is 0.389. The summed E-state index contributed by atoms with van der Waals surface area (Å²) in [5.74, 6) is 1.92. The molecule has 16 heavy (non-hydrogen) atoms. The third-order valence-corrected chi connectivity index (χ3v) is 3.64. The number of aryl methyl sites for hydroxylation is 1. The van der Waals surface area contributed by atoms with Gasteiger partial charge >= 0.3 is 0 Å². The minimum Gasteiger partial charge on any atom is -0.360 e. The Morgan fingerprint density at radius 1 is 1.44 bits per heavy atom. The molecule has 0 atom stereocenters. The minimum absolute atomic E-state index is 0.584. The molecule has 86 valence electrons. The van der Waals surface area contributed by atoms with Gasteiger partial charge in [-0.25, -0.2) is 0 Å². The topological polar surface area (TPSA) is 76.7 Å². The van der Waals surface area contributed by atoms with Crippen LogP contribution in [0.2, 0.25) is 0 Å². The van der Waals surface area contributed by atoms with Crippen LogP contribution in [0.4, 0.5) is 5.13 Å². The molecule has 2 heterocycles. The fraction of sp³-hybridized carbons (Fsp3) is 0.500. The van der Waals surface area contributed by atoms with Gasteiger partial charge in [0.1, 0.15) is 0 Å². The van der Waals surface area contributed by atoms with Crippen LogP contribution in [0, 0.1) is 6.92 Å². The Kier molecular flexibility index (Phi) is 3.73. The predicted octanol–water partition coefficient (Wildman–Crippen LogP) is 1.95. The van der Waals surface area contributed by atoms with Crippen molar-refractivity contribution in [3.8, 4) is 0 Å². The molecule has 6 nitrogen and oxygen atoms in total.